The van der Waals surface area contributed by atoms with Gasteiger partial charge in [-0.3, -0.25) is 18.9 Å². The fourth-order valence-electron chi connectivity index (χ4n) is 10.8. The molecule has 0 aromatic heterocycles. The average molecular weight is 1130 g/mol. The third-order valence-electron chi connectivity index (χ3n) is 15.6. The lowest BCUT2D eigenvalue weighted by Gasteiger charge is -2.44. The number of rotatable bonds is 47. The van der Waals surface area contributed by atoms with Crippen molar-refractivity contribution in [2.45, 2.75) is 289 Å². The minimum absolute atomic E-state index is 0.0891. The predicted octanol–water partition coefficient (Wildman–Crippen LogP) is 16.2. The highest BCUT2D eigenvalue weighted by atomic mass is 31.2. The Hall–Kier alpha value is -3.93. The molecule has 1 aliphatic heterocycles. The second-order valence-electron chi connectivity index (χ2n) is 22.5. The van der Waals surface area contributed by atoms with Gasteiger partial charge < -0.3 is 33.9 Å². The zero-order valence-electron chi connectivity index (χ0n) is 49.6. The van der Waals surface area contributed by atoms with Crippen LogP contribution in [0.15, 0.2) is 91.0 Å². The van der Waals surface area contributed by atoms with Crippen molar-refractivity contribution in [3.8, 4) is 0 Å². The maximum Gasteiger partial charge on any atom is 0.310 e. The highest BCUT2D eigenvalue weighted by molar-refractivity contribution is 7.74. The Labute approximate surface area is 482 Å². The lowest BCUT2D eigenvalue weighted by atomic mass is 9.96. The van der Waals surface area contributed by atoms with Gasteiger partial charge in [-0.1, -0.05) is 261 Å². The van der Waals surface area contributed by atoms with Gasteiger partial charge in [-0.05, 0) is 55.5 Å². The molecule has 0 aliphatic carbocycles. The molecule has 13 heteroatoms. The number of carbonyl (C=O) groups is 3. The fraction of sp³-hybridized carbons (Fsp3) is 0.687. The van der Waals surface area contributed by atoms with E-state index in [4.69, 9.17) is 23.5 Å². The molecule has 0 saturated carbocycles. The number of aliphatic hydroxyl groups is 1. The zero-order valence-corrected chi connectivity index (χ0v) is 50.5. The summed E-state index contributed by atoms with van der Waals surface area (Å²) in [5.74, 6) is -1.70. The largest absolute Gasteiger partial charge is 0.462 e. The summed E-state index contributed by atoms with van der Waals surface area (Å²) in [6, 6.07) is 25.3. The zero-order chi connectivity index (χ0) is 57.3. The molecule has 450 valence electrons. The molecule has 1 aliphatic rings. The van der Waals surface area contributed by atoms with Crippen LogP contribution in [-0.4, -0.2) is 72.5 Å². The maximum absolute atomic E-state index is 15.6. The molecule has 1 amide bonds. The van der Waals surface area contributed by atoms with E-state index in [1.807, 2.05) is 30.3 Å². The number of ether oxygens (including phenoxy) is 4. The summed E-state index contributed by atoms with van der Waals surface area (Å²) < 4.78 is 62.4. The van der Waals surface area contributed by atoms with Crippen LogP contribution < -0.4 is 15.9 Å². The van der Waals surface area contributed by atoms with Crippen molar-refractivity contribution in [3.63, 3.8) is 0 Å². The number of halogens is 1. The molecule has 3 aromatic rings. The van der Waals surface area contributed by atoms with E-state index >= 15 is 8.96 Å². The van der Waals surface area contributed by atoms with Crippen molar-refractivity contribution in [1.29, 1.82) is 0 Å². The molecule has 0 bridgehead atoms. The highest BCUT2D eigenvalue weighted by Gasteiger charge is 2.52. The number of amides is 1. The molecule has 1 fully saturated rings. The first kappa shape index (κ1) is 68.6. The smallest absolute Gasteiger partial charge is 0.310 e. The average Bonchev–Trinajstić information content (AvgIpc) is 3.54. The minimum atomic E-state index is -4.12. The van der Waals surface area contributed by atoms with Crippen molar-refractivity contribution in [1.82, 2.24) is 5.32 Å². The molecule has 1 unspecified atom stereocenters. The number of unbranched alkanes of at least 4 members (excludes halogenated alkanes) is 26. The number of esters is 2. The van der Waals surface area contributed by atoms with E-state index in [9.17, 15) is 19.5 Å². The molecule has 4 rings (SSSR count). The molecule has 1 saturated heterocycles. The molecule has 3 aromatic carbocycles. The van der Waals surface area contributed by atoms with Crippen LogP contribution in [0.4, 0.5) is 4.39 Å². The summed E-state index contributed by atoms with van der Waals surface area (Å²) in [5, 5.41) is 15.3. The van der Waals surface area contributed by atoms with E-state index in [1.165, 1.54) is 109 Å². The van der Waals surface area contributed by atoms with Crippen molar-refractivity contribution in [2.24, 2.45) is 0 Å². The van der Waals surface area contributed by atoms with Gasteiger partial charge in [0.15, 0.2) is 12.4 Å². The molecular weight excluding hydrogens is 1030 g/mol. The predicted molar refractivity (Wildman–Crippen MR) is 322 cm³/mol. The second-order valence-corrected chi connectivity index (χ2v) is 24.9. The van der Waals surface area contributed by atoms with Gasteiger partial charge in [-0.25, -0.2) is 4.39 Å². The highest BCUT2D eigenvalue weighted by Crippen LogP contribution is 2.48. The Kier molecular flexibility index (Phi) is 36.7. The van der Waals surface area contributed by atoms with Gasteiger partial charge in [0.25, 0.3) is 7.37 Å². The third kappa shape index (κ3) is 27.9. The van der Waals surface area contributed by atoms with Crippen LogP contribution in [0.1, 0.15) is 245 Å². The molecule has 0 radical (unpaired) electrons. The summed E-state index contributed by atoms with van der Waals surface area (Å²) >= 11 is 0. The van der Waals surface area contributed by atoms with E-state index in [1.54, 1.807) is 60.7 Å². The van der Waals surface area contributed by atoms with Gasteiger partial charge in [0.05, 0.1) is 25.6 Å². The summed E-state index contributed by atoms with van der Waals surface area (Å²) in [6.07, 6.45) is 25.7. The normalized spacial score (nSPS) is 18.1. The van der Waals surface area contributed by atoms with E-state index in [0.717, 1.165) is 76.2 Å². The van der Waals surface area contributed by atoms with Crippen LogP contribution >= 0.6 is 7.37 Å². The van der Waals surface area contributed by atoms with Crippen molar-refractivity contribution >= 4 is 35.8 Å². The number of hydrogen-bond acceptors (Lipinski definition) is 10. The van der Waals surface area contributed by atoms with Crippen LogP contribution in [0.5, 0.6) is 0 Å². The Balaban J connectivity index is 1.57. The third-order valence-corrected chi connectivity index (χ3v) is 18.0. The monoisotopic (exact) mass is 1130 g/mol. The minimum Gasteiger partial charge on any atom is -0.462 e. The SMILES string of the molecule is CCCCCCCCCCCCCC(=O)O[C@H](CCCCCCCCCCC)CC(=O)O[C@H]1[C@H](OP(=O)(c2ccccc2)c2ccccc2)[C@@H](CF)OC(O)[C@@H]1NC(=O)C[C@@H](CCCCCCCCCCC)OCc1ccccc1. The summed E-state index contributed by atoms with van der Waals surface area (Å²) in [6.45, 7) is 5.75. The lowest BCUT2D eigenvalue weighted by molar-refractivity contribution is -0.250. The quantitative estimate of drug-likeness (QED) is 0.0318. The molecule has 1 heterocycles. The molecule has 80 heavy (non-hydrogen) atoms. The number of carbonyl (C=O) groups excluding carboxylic acids is 3. The van der Waals surface area contributed by atoms with E-state index in [2.05, 4.69) is 26.1 Å². The molecule has 0 spiro atoms. The van der Waals surface area contributed by atoms with Gasteiger partial charge in [0.1, 0.15) is 31.0 Å². The van der Waals surface area contributed by atoms with Gasteiger partial charge >= 0.3 is 11.9 Å². The number of benzene rings is 3. The Bertz CT molecular complexity index is 2040. The van der Waals surface area contributed by atoms with Crippen molar-refractivity contribution in [2.75, 3.05) is 6.67 Å². The van der Waals surface area contributed by atoms with Gasteiger partial charge in [0.2, 0.25) is 5.91 Å². The lowest BCUT2D eigenvalue weighted by Crippen LogP contribution is -2.65. The summed E-state index contributed by atoms with van der Waals surface area (Å²) in [4.78, 5) is 42.5. The van der Waals surface area contributed by atoms with Gasteiger partial charge in [0, 0.05) is 17.0 Å². The standard InChI is InChI=1S/C67H105FNO10P/c1-4-7-10-13-16-19-20-23-26-29-41-50-62(71)76-57(45-36-28-25-22-18-15-12-9-6-3)52-63(72)78-66-64(67(73)77-60(53-68)65(66)79-80(74,58-46-37-31-38-47-58)59-48-39-32-40-49-59)69-61(70)51-56(75-54-55-42-33-30-34-43-55)44-35-27-24-21-17-14-11-8-5-2/h30-34,37-40,42-43,46-49,56-57,60,64-67,73H,4-29,35-36,41,44-45,50-54H2,1-3H3,(H,69,70)/t56-,57-,60-,64-,65-,66-,67?/m1/s1. The van der Waals surface area contributed by atoms with Crippen LogP contribution in [0.25, 0.3) is 0 Å². The van der Waals surface area contributed by atoms with Crippen LogP contribution in [0.2, 0.25) is 0 Å². The van der Waals surface area contributed by atoms with Gasteiger partial charge in [-0.2, -0.15) is 0 Å². The van der Waals surface area contributed by atoms with E-state index in [-0.39, 0.29) is 31.8 Å². The van der Waals surface area contributed by atoms with Crippen LogP contribution in [0.3, 0.4) is 0 Å². The number of aliphatic hydroxyl groups excluding tert-OH is 1. The van der Waals surface area contributed by atoms with Crippen molar-refractivity contribution in [3.05, 3.63) is 96.6 Å². The molecule has 2 N–H and O–H groups in total. The van der Waals surface area contributed by atoms with Gasteiger partial charge in [-0.15, -0.1) is 0 Å². The van der Waals surface area contributed by atoms with E-state index < -0.39 is 68.8 Å². The number of alkyl halides is 1. The van der Waals surface area contributed by atoms with Crippen molar-refractivity contribution < 1.29 is 51.9 Å². The first-order chi connectivity index (χ1) is 39.1. The number of hydrogen-bond donors (Lipinski definition) is 2. The Morgan fingerprint density at radius 1 is 0.550 bits per heavy atom. The second kappa shape index (κ2) is 42.8. The summed E-state index contributed by atoms with van der Waals surface area (Å²) in [5.41, 5.74) is 0.961. The number of nitrogens with one attached hydrogen (secondary N) is 1. The Morgan fingerprint density at radius 2 is 0.975 bits per heavy atom. The van der Waals surface area contributed by atoms with E-state index in [0.29, 0.717) is 29.9 Å². The first-order valence-electron chi connectivity index (χ1n) is 31.7. The fourth-order valence-corrected chi connectivity index (χ4v) is 13.0. The molecule has 7 atom stereocenters. The molecule has 11 nitrogen and oxygen atoms in total. The topological polar surface area (TPSA) is 147 Å². The first-order valence-corrected chi connectivity index (χ1v) is 33.4. The van der Waals surface area contributed by atoms with Crippen LogP contribution in [0, 0.1) is 0 Å². The van der Waals surface area contributed by atoms with Crippen LogP contribution in [-0.2, 0) is 49.0 Å². The molecular formula is C67H105FNO10P. The Morgan fingerprint density at radius 3 is 1.44 bits per heavy atom. The maximum atomic E-state index is 15.6. The summed E-state index contributed by atoms with van der Waals surface area (Å²) in [7, 11) is -4.12.